The molecule has 1 saturated heterocycles. The second kappa shape index (κ2) is 3.81. The van der Waals surface area contributed by atoms with Gasteiger partial charge in [0, 0.05) is 19.3 Å². The fourth-order valence-corrected chi connectivity index (χ4v) is 1.58. The molecule has 0 aliphatic carbocycles. The predicted octanol–water partition coefficient (Wildman–Crippen LogP) is 1.65. The van der Waals surface area contributed by atoms with E-state index in [-0.39, 0.29) is 13.1 Å². The first-order chi connectivity index (χ1) is 7.22. The van der Waals surface area contributed by atoms with Gasteiger partial charge in [0.2, 0.25) is 6.43 Å². The van der Waals surface area contributed by atoms with Gasteiger partial charge < -0.3 is 4.90 Å². The molecule has 1 aromatic rings. The number of nitrogens with zero attached hydrogens (tertiary/aromatic N) is 3. The smallest absolute Gasteiger partial charge is 0.244 e. The number of anilines is 1. The standard InChI is InChI=1S/C10H9F2N3/c11-9(12)8-5-15(6-8)10-7(4-13)2-1-3-14-10/h1-3,8-9H,5-6H2. The Balaban J connectivity index is 2.10. The van der Waals surface area contributed by atoms with E-state index in [2.05, 4.69) is 4.98 Å². The van der Waals surface area contributed by atoms with Gasteiger partial charge in [0.05, 0.1) is 11.5 Å². The number of nitriles is 1. The predicted molar refractivity (Wildman–Crippen MR) is 50.7 cm³/mol. The van der Waals surface area contributed by atoms with Crippen LogP contribution >= 0.6 is 0 Å². The van der Waals surface area contributed by atoms with Gasteiger partial charge in [0.1, 0.15) is 11.9 Å². The Morgan fingerprint density at radius 2 is 2.27 bits per heavy atom. The highest BCUT2D eigenvalue weighted by Gasteiger charge is 2.35. The summed E-state index contributed by atoms with van der Waals surface area (Å²) in [5.41, 5.74) is 0.435. The van der Waals surface area contributed by atoms with Crippen molar-refractivity contribution in [1.29, 1.82) is 5.26 Å². The fraction of sp³-hybridized carbons (Fsp3) is 0.400. The van der Waals surface area contributed by atoms with Gasteiger partial charge in [-0.2, -0.15) is 5.26 Å². The maximum atomic E-state index is 12.2. The van der Waals surface area contributed by atoms with Crippen LogP contribution in [-0.4, -0.2) is 24.5 Å². The maximum Gasteiger partial charge on any atom is 0.244 e. The molecule has 0 unspecified atom stereocenters. The molecule has 0 saturated carbocycles. The molecule has 3 nitrogen and oxygen atoms in total. The zero-order valence-corrected chi connectivity index (χ0v) is 7.90. The average molecular weight is 209 g/mol. The molecule has 0 bridgehead atoms. The maximum absolute atomic E-state index is 12.2. The van der Waals surface area contributed by atoms with Gasteiger partial charge in [0.15, 0.2) is 0 Å². The van der Waals surface area contributed by atoms with Crippen LogP contribution in [-0.2, 0) is 0 Å². The second-order valence-electron chi connectivity index (χ2n) is 3.49. The van der Waals surface area contributed by atoms with Crippen molar-refractivity contribution in [2.24, 2.45) is 5.92 Å². The van der Waals surface area contributed by atoms with Crippen LogP contribution in [0.1, 0.15) is 5.56 Å². The largest absolute Gasteiger partial charge is 0.354 e. The topological polar surface area (TPSA) is 39.9 Å². The Morgan fingerprint density at radius 1 is 1.53 bits per heavy atom. The van der Waals surface area contributed by atoms with Crippen molar-refractivity contribution < 1.29 is 8.78 Å². The summed E-state index contributed by atoms with van der Waals surface area (Å²) in [5, 5.41) is 8.80. The van der Waals surface area contributed by atoms with Crippen LogP contribution in [0.25, 0.3) is 0 Å². The lowest BCUT2D eigenvalue weighted by molar-refractivity contribution is 0.0611. The van der Waals surface area contributed by atoms with Crippen molar-refractivity contribution in [3.05, 3.63) is 23.9 Å². The fourth-order valence-electron chi connectivity index (χ4n) is 1.58. The molecule has 78 valence electrons. The molecule has 5 heteroatoms. The van der Waals surface area contributed by atoms with Crippen molar-refractivity contribution in [2.75, 3.05) is 18.0 Å². The second-order valence-corrected chi connectivity index (χ2v) is 3.49. The number of pyridine rings is 1. The summed E-state index contributed by atoms with van der Waals surface area (Å²) in [4.78, 5) is 5.73. The molecule has 0 aromatic carbocycles. The van der Waals surface area contributed by atoms with Crippen LogP contribution < -0.4 is 4.90 Å². The number of halogens is 2. The molecule has 0 N–H and O–H groups in total. The molecule has 1 aliphatic rings. The monoisotopic (exact) mass is 209 g/mol. The SMILES string of the molecule is N#Cc1cccnc1N1CC(C(F)F)C1. The summed E-state index contributed by atoms with van der Waals surface area (Å²) < 4.78 is 24.5. The van der Waals surface area contributed by atoms with Crippen LogP contribution in [0.2, 0.25) is 0 Å². The van der Waals surface area contributed by atoms with Gasteiger partial charge in [-0.05, 0) is 12.1 Å². The van der Waals surface area contributed by atoms with E-state index in [1.165, 1.54) is 0 Å². The van der Waals surface area contributed by atoms with E-state index in [9.17, 15) is 8.78 Å². The minimum absolute atomic E-state index is 0.281. The van der Waals surface area contributed by atoms with E-state index in [1.54, 1.807) is 23.2 Å². The summed E-state index contributed by atoms with van der Waals surface area (Å²) in [7, 11) is 0. The van der Waals surface area contributed by atoms with Gasteiger partial charge in [-0.3, -0.25) is 0 Å². The van der Waals surface area contributed by atoms with E-state index >= 15 is 0 Å². The molecular weight excluding hydrogens is 200 g/mol. The number of rotatable bonds is 2. The first-order valence-corrected chi connectivity index (χ1v) is 4.60. The highest BCUT2D eigenvalue weighted by Crippen LogP contribution is 2.28. The van der Waals surface area contributed by atoms with Gasteiger partial charge in [-0.25, -0.2) is 13.8 Å². The minimum Gasteiger partial charge on any atom is -0.354 e. The lowest BCUT2D eigenvalue weighted by Gasteiger charge is -2.39. The summed E-state index contributed by atoms with van der Waals surface area (Å²) in [5.74, 6) is -0.0737. The van der Waals surface area contributed by atoms with E-state index in [0.717, 1.165) is 0 Å². The Kier molecular flexibility index (Phi) is 2.50. The number of hydrogen-bond donors (Lipinski definition) is 0. The van der Waals surface area contributed by atoms with Gasteiger partial charge >= 0.3 is 0 Å². The normalized spacial score (nSPS) is 16.3. The van der Waals surface area contributed by atoms with Crippen molar-refractivity contribution in [3.8, 4) is 6.07 Å². The highest BCUT2D eigenvalue weighted by molar-refractivity contribution is 5.55. The van der Waals surface area contributed by atoms with Crippen molar-refractivity contribution in [2.45, 2.75) is 6.43 Å². The molecule has 1 aliphatic heterocycles. The molecular formula is C10H9F2N3. The molecule has 2 rings (SSSR count). The summed E-state index contributed by atoms with van der Waals surface area (Å²) in [6.07, 6.45) is -0.721. The van der Waals surface area contributed by atoms with Gasteiger partial charge in [-0.15, -0.1) is 0 Å². The van der Waals surface area contributed by atoms with Gasteiger partial charge in [-0.1, -0.05) is 0 Å². The molecule has 0 amide bonds. The lowest BCUT2D eigenvalue weighted by Crippen LogP contribution is -2.50. The third kappa shape index (κ3) is 1.75. The van der Waals surface area contributed by atoms with Crippen molar-refractivity contribution >= 4 is 5.82 Å². The Hall–Kier alpha value is -1.70. The first-order valence-electron chi connectivity index (χ1n) is 4.60. The molecule has 2 heterocycles. The Bertz CT molecular complexity index is 394. The number of hydrogen-bond acceptors (Lipinski definition) is 3. The van der Waals surface area contributed by atoms with E-state index < -0.39 is 12.3 Å². The minimum atomic E-state index is -2.28. The lowest BCUT2D eigenvalue weighted by atomic mass is 10.0. The Morgan fingerprint density at radius 3 is 2.87 bits per heavy atom. The van der Waals surface area contributed by atoms with Gasteiger partial charge in [0.25, 0.3) is 0 Å². The molecule has 0 atom stereocenters. The zero-order valence-electron chi connectivity index (χ0n) is 7.90. The van der Waals surface area contributed by atoms with Crippen LogP contribution in [0.3, 0.4) is 0 Å². The quantitative estimate of drug-likeness (QED) is 0.743. The van der Waals surface area contributed by atoms with Crippen molar-refractivity contribution in [3.63, 3.8) is 0 Å². The van der Waals surface area contributed by atoms with E-state index in [0.29, 0.717) is 11.4 Å². The van der Waals surface area contributed by atoms with Crippen LogP contribution in [0.5, 0.6) is 0 Å². The molecule has 15 heavy (non-hydrogen) atoms. The third-order valence-corrected chi connectivity index (χ3v) is 2.47. The number of alkyl halides is 2. The Labute approximate surface area is 86.0 Å². The molecule has 1 aromatic heterocycles. The highest BCUT2D eigenvalue weighted by atomic mass is 19.3. The van der Waals surface area contributed by atoms with Crippen LogP contribution in [0.4, 0.5) is 14.6 Å². The van der Waals surface area contributed by atoms with E-state index in [4.69, 9.17) is 5.26 Å². The summed E-state index contributed by atoms with van der Waals surface area (Å²) in [6, 6.07) is 5.29. The third-order valence-electron chi connectivity index (χ3n) is 2.47. The number of aromatic nitrogens is 1. The van der Waals surface area contributed by atoms with Crippen LogP contribution in [0, 0.1) is 17.2 Å². The van der Waals surface area contributed by atoms with Crippen LogP contribution in [0.15, 0.2) is 18.3 Å². The average Bonchev–Trinajstić information content (AvgIpc) is 2.15. The molecule has 1 fully saturated rings. The summed E-state index contributed by atoms with van der Waals surface area (Å²) in [6.45, 7) is 0.562. The molecule has 0 spiro atoms. The molecule has 0 radical (unpaired) electrons. The van der Waals surface area contributed by atoms with E-state index in [1.807, 2.05) is 6.07 Å². The van der Waals surface area contributed by atoms with Crippen molar-refractivity contribution in [1.82, 2.24) is 4.98 Å². The first kappa shape index (κ1) is 9.84. The zero-order chi connectivity index (χ0) is 10.8. The summed E-state index contributed by atoms with van der Waals surface area (Å²) >= 11 is 0.